The molecular formula is C11H13BrO3. The van der Waals surface area contributed by atoms with E-state index in [1.807, 2.05) is 6.08 Å². The van der Waals surface area contributed by atoms with Crippen LogP contribution in [0.3, 0.4) is 0 Å². The third-order valence-electron chi connectivity index (χ3n) is 2.71. The molecule has 1 fully saturated rings. The SMILES string of the molecule is C=C(Br)COC1C(=O)O[C@H]2C=CCC[C@H]12. The van der Waals surface area contributed by atoms with E-state index >= 15 is 0 Å². The van der Waals surface area contributed by atoms with Gasteiger partial charge >= 0.3 is 5.97 Å². The molecule has 0 aromatic carbocycles. The van der Waals surface area contributed by atoms with Gasteiger partial charge in [0, 0.05) is 10.4 Å². The van der Waals surface area contributed by atoms with Crippen LogP contribution < -0.4 is 0 Å². The summed E-state index contributed by atoms with van der Waals surface area (Å²) in [6.07, 6.45) is 5.45. The Morgan fingerprint density at radius 3 is 3.27 bits per heavy atom. The van der Waals surface area contributed by atoms with Crippen molar-refractivity contribution in [2.75, 3.05) is 6.61 Å². The van der Waals surface area contributed by atoms with E-state index in [4.69, 9.17) is 9.47 Å². The quantitative estimate of drug-likeness (QED) is 0.584. The minimum atomic E-state index is -0.422. The Hall–Kier alpha value is -0.610. The Labute approximate surface area is 97.3 Å². The maximum absolute atomic E-state index is 11.5. The summed E-state index contributed by atoms with van der Waals surface area (Å²) in [5.74, 6) is -0.0698. The Kier molecular flexibility index (Phi) is 3.26. The highest BCUT2D eigenvalue weighted by molar-refractivity contribution is 9.11. The minimum Gasteiger partial charge on any atom is -0.456 e. The fourth-order valence-electron chi connectivity index (χ4n) is 2.02. The van der Waals surface area contributed by atoms with Crippen molar-refractivity contribution in [3.8, 4) is 0 Å². The lowest BCUT2D eigenvalue weighted by molar-refractivity contribution is -0.148. The van der Waals surface area contributed by atoms with E-state index in [0.717, 1.165) is 17.3 Å². The van der Waals surface area contributed by atoms with Gasteiger partial charge in [-0.05, 0) is 18.9 Å². The Morgan fingerprint density at radius 2 is 2.53 bits per heavy atom. The zero-order chi connectivity index (χ0) is 10.8. The van der Waals surface area contributed by atoms with Crippen LogP contribution in [0.5, 0.6) is 0 Å². The first-order chi connectivity index (χ1) is 7.18. The molecule has 1 aliphatic carbocycles. The molecule has 1 aliphatic heterocycles. The number of carbonyl (C=O) groups is 1. The van der Waals surface area contributed by atoms with Crippen LogP contribution in [0.4, 0.5) is 0 Å². The van der Waals surface area contributed by atoms with Gasteiger partial charge in [-0.2, -0.15) is 0 Å². The number of allylic oxidation sites excluding steroid dienone is 1. The summed E-state index contributed by atoms with van der Waals surface area (Å²) in [6.45, 7) is 4.02. The molecule has 2 rings (SSSR count). The van der Waals surface area contributed by atoms with E-state index in [2.05, 4.69) is 28.6 Å². The van der Waals surface area contributed by atoms with Gasteiger partial charge < -0.3 is 9.47 Å². The fourth-order valence-corrected chi connectivity index (χ4v) is 2.16. The third-order valence-corrected chi connectivity index (χ3v) is 2.94. The maximum Gasteiger partial charge on any atom is 0.336 e. The molecule has 0 aromatic rings. The van der Waals surface area contributed by atoms with Gasteiger partial charge in [-0.25, -0.2) is 4.79 Å². The molecule has 1 saturated heterocycles. The van der Waals surface area contributed by atoms with Crippen LogP contribution in [-0.2, 0) is 14.3 Å². The van der Waals surface area contributed by atoms with E-state index in [0.29, 0.717) is 6.61 Å². The number of carbonyl (C=O) groups excluding carboxylic acids is 1. The monoisotopic (exact) mass is 272 g/mol. The summed E-state index contributed by atoms with van der Waals surface area (Å²) in [7, 11) is 0. The van der Waals surface area contributed by atoms with Crippen molar-refractivity contribution in [1.29, 1.82) is 0 Å². The van der Waals surface area contributed by atoms with Crippen LogP contribution >= 0.6 is 15.9 Å². The number of rotatable bonds is 3. The molecule has 0 N–H and O–H groups in total. The van der Waals surface area contributed by atoms with Gasteiger partial charge in [0.25, 0.3) is 0 Å². The molecule has 0 amide bonds. The van der Waals surface area contributed by atoms with Crippen LogP contribution in [0, 0.1) is 5.92 Å². The van der Waals surface area contributed by atoms with Crippen LogP contribution in [0.2, 0.25) is 0 Å². The molecule has 0 bridgehead atoms. The van der Waals surface area contributed by atoms with Gasteiger partial charge in [0.15, 0.2) is 6.10 Å². The molecule has 1 heterocycles. The van der Waals surface area contributed by atoms with E-state index in [-0.39, 0.29) is 18.0 Å². The second kappa shape index (κ2) is 4.49. The van der Waals surface area contributed by atoms with E-state index in [1.165, 1.54) is 0 Å². The maximum atomic E-state index is 11.5. The summed E-state index contributed by atoms with van der Waals surface area (Å²) in [5.41, 5.74) is 0. The lowest BCUT2D eigenvalue weighted by atomic mass is 9.89. The molecule has 0 spiro atoms. The lowest BCUT2D eigenvalue weighted by Gasteiger charge is -2.21. The largest absolute Gasteiger partial charge is 0.456 e. The summed E-state index contributed by atoms with van der Waals surface area (Å²) in [5, 5.41) is 0. The molecule has 1 unspecified atom stereocenters. The molecule has 0 aromatic heterocycles. The first kappa shape index (κ1) is 10.9. The van der Waals surface area contributed by atoms with Crippen molar-refractivity contribution in [2.24, 2.45) is 5.92 Å². The number of hydrogen-bond acceptors (Lipinski definition) is 3. The highest BCUT2D eigenvalue weighted by Crippen LogP contribution is 2.33. The highest BCUT2D eigenvalue weighted by Gasteiger charge is 2.44. The predicted octanol–water partition coefficient (Wildman–Crippen LogP) is 2.17. The van der Waals surface area contributed by atoms with Crippen LogP contribution in [-0.4, -0.2) is 24.8 Å². The fraction of sp³-hybridized carbons (Fsp3) is 0.545. The van der Waals surface area contributed by atoms with Gasteiger partial charge in [0.2, 0.25) is 0 Å². The molecule has 0 saturated carbocycles. The topological polar surface area (TPSA) is 35.5 Å². The smallest absolute Gasteiger partial charge is 0.336 e. The third kappa shape index (κ3) is 2.32. The van der Waals surface area contributed by atoms with Gasteiger partial charge in [-0.1, -0.05) is 28.6 Å². The number of hydrogen-bond donors (Lipinski definition) is 0. The molecule has 3 nitrogen and oxygen atoms in total. The van der Waals surface area contributed by atoms with Crippen molar-refractivity contribution in [3.63, 3.8) is 0 Å². The van der Waals surface area contributed by atoms with Crippen LogP contribution in [0.1, 0.15) is 12.8 Å². The van der Waals surface area contributed by atoms with Crippen molar-refractivity contribution in [3.05, 3.63) is 23.2 Å². The second-order valence-electron chi connectivity index (χ2n) is 3.82. The van der Waals surface area contributed by atoms with Crippen molar-refractivity contribution >= 4 is 21.9 Å². The summed E-state index contributed by atoms with van der Waals surface area (Å²) in [4.78, 5) is 11.5. The number of esters is 1. The van der Waals surface area contributed by atoms with E-state index in [9.17, 15) is 4.79 Å². The summed E-state index contributed by atoms with van der Waals surface area (Å²) < 4.78 is 11.4. The van der Waals surface area contributed by atoms with Crippen LogP contribution in [0.25, 0.3) is 0 Å². The average Bonchev–Trinajstić information content (AvgIpc) is 2.50. The zero-order valence-corrected chi connectivity index (χ0v) is 9.90. The number of halogens is 1. The van der Waals surface area contributed by atoms with Crippen molar-refractivity contribution < 1.29 is 14.3 Å². The van der Waals surface area contributed by atoms with Gasteiger partial charge in [-0.15, -0.1) is 0 Å². The normalized spacial score (nSPS) is 33.7. The molecule has 3 atom stereocenters. The van der Waals surface area contributed by atoms with Crippen molar-refractivity contribution in [2.45, 2.75) is 25.0 Å². The summed E-state index contributed by atoms with van der Waals surface area (Å²) in [6, 6.07) is 0. The predicted molar refractivity (Wildman–Crippen MR) is 59.6 cm³/mol. The first-order valence-corrected chi connectivity index (χ1v) is 5.80. The zero-order valence-electron chi connectivity index (χ0n) is 8.32. The minimum absolute atomic E-state index is 0.0835. The lowest BCUT2D eigenvalue weighted by Crippen LogP contribution is -2.29. The van der Waals surface area contributed by atoms with Crippen LogP contribution in [0.15, 0.2) is 23.2 Å². The molecule has 0 radical (unpaired) electrons. The average molecular weight is 273 g/mol. The molecule has 4 heteroatoms. The molecular weight excluding hydrogens is 260 g/mol. The summed E-state index contributed by atoms with van der Waals surface area (Å²) >= 11 is 3.20. The van der Waals surface area contributed by atoms with Gasteiger partial charge in [-0.3, -0.25) is 0 Å². The standard InChI is InChI=1S/C11H13BrO3/c1-7(12)6-14-10-8-4-2-3-5-9(8)15-11(10)13/h3,5,8-10H,1-2,4,6H2/t8-,9-,10?/m0/s1. The van der Waals surface area contributed by atoms with E-state index < -0.39 is 6.10 Å². The van der Waals surface area contributed by atoms with E-state index in [1.54, 1.807) is 0 Å². The first-order valence-electron chi connectivity index (χ1n) is 5.00. The van der Waals surface area contributed by atoms with Gasteiger partial charge in [0.05, 0.1) is 6.61 Å². The molecule has 15 heavy (non-hydrogen) atoms. The number of ether oxygens (including phenoxy) is 2. The Balaban J connectivity index is 2.01. The molecule has 82 valence electrons. The number of fused-ring (bicyclic) bond motifs is 1. The second-order valence-corrected chi connectivity index (χ2v) is 4.94. The van der Waals surface area contributed by atoms with Crippen molar-refractivity contribution in [1.82, 2.24) is 0 Å². The molecule has 2 aliphatic rings. The highest BCUT2D eigenvalue weighted by atomic mass is 79.9. The van der Waals surface area contributed by atoms with Gasteiger partial charge in [0.1, 0.15) is 6.10 Å². The Bertz CT molecular complexity index is 311. The Morgan fingerprint density at radius 1 is 1.73 bits per heavy atom.